The van der Waals surface area contributed by atoms with Gasteiger partial charge < -0.3 is 13.9 Å². The van der Waals surface area contributed by atoms with E-state index in [0.717, 1.165) is 0 Å². The Hall–Kier alpha value is -2.94. The Morgan fingerprint density at radius 2 is 1.91 bits per heavy atom. The summed E-state index contributed by atoms with van der Waals surface area (Å²) in [5, 5.41) is 11.6. The molecule has 0 aliphatic carbocycles. The molecule has 6 heteroatoms. The first-order chi connectivity index (χ1) is 10.5. The number of carbonyl (C=O) groups excluding carboxylic acids is 1. The van der Waals surface area contributed by atoms with Crippen LogP contribution in [0.4, 0.5) is 5.88 Å². The molecule has 1 heterocycles. The summed E-state index contributed by atoms with van der Waals surface area (Å²) in [4.78, 5) is 11.9. The average Bonchev–Trinajstić information content (AvgIpc) is 2.79. The second-order valence-corrected chi connectivity index (χ2v) is 4.61. The van der Waals surface area contributed by atoms with Gasteiger partial charge in [0.2, 0.25) is 5.88 Å². The van der Waals surface area contributed by atoms with Crippen molar-refractivity contribution >= 4 is 11.8 Å². The predicted molar refractivity (Wildman–Crippen MR) is 80.0 cm³/mol. The van der Waals surface area contributed by atoms with Gasteiger partial charge >= 0.3 is 0 Å². The molecule has 0 unspecified atom stereocenters. The lowest BCUT2D eigenvalue weighted by atomic mass is 10.2. The van der Waals surface area contributed by atoms with Crippen molar-refractivity contribution in [3.63, 3.8) is 0 Å². The molecule has 2 rings (SSSR count). The molecule has 0 saturated heterocycles. The van der Waals surface area contributed by atoms with Gasteiger partial charge in [-0.2, -0.15) is 5.26 Å². The molecule has 0 aliphatic heterocycles. The highest BCUT2D eigenvalue weighted by molar-refractivity contribution is 5.92. The van der Waals surface area contributed by atoms with Gasteiger partial charge in [0.05, 0.1) is 7.11 Å². The number of amides is 1. The lowest BCUT2D eigenvalue weighted by Gasteiger charge is -2.07. The SMILES string of the molecule is COc1ccc(OCC(=O)Nc2oc(C)c(C)c2C#N)cc1. The minimum Gasteiger partial charge on any atom is -0.497 e. The number of anilines is 1. The summed E-state index contributed by atoms with van der Waals surface area (Å²) in [6.45, 7) is 3.32. The van der Waals surface area contributed by atoms with Crippen LogP contribution in [0, 0.1) is 25.2 Å². The molecular weight excluding hydrogens is 284 g/mol. The van der Waals surface area contributed by atoms with Gasteiger partial charge in [0.25, 0.3) is 5.91 Å². The van der Waals surface area contributed by atoms with Crippen molar-refractivity contribution in [2.45, 2.75) is 13.8 Å². The number of ether oxygens (including phenoxy) is 2. The second-order valence-electron chi connectivity index (χ2n) is 4.61. The number of nitrogens with zero attached hydrogens (tertiary/aromatic N) is 1. The van der Waals surface area contributed by atoms with Gasteiger partial charge in [0.15, 0.2) is 6.61 Å². The fourth-order valence-corrected chi connectivity index (χ4v) is 1.83. The molecule has 0 aliphatic rings. The van der Waals surface area contributed by atoms with Crippen LogP contribution in [-0.4, -0.2) is 19.6 Å². The van der Waals surface area contributed by atoms with E-state index in [9.17, 15) is 4.79 Å². The van der Waals surface area contributed by atoms with E-state index in [4.69, 9.17) is 19.2 Å². The molecule has 0 fully saturated rings. The Labute approximate surface area is 128 Å². The van der Waals surface area contributed by atoms with E-state index >= 15 is 0 Å². The zero-order chi connectivity index (χ0) is 16.1. The molecule has 6 nitrogen and oxygen atoms in total. The summed E-state index contributed by atoms with van der Waals surface area (Å²) in [5.74, 6) is 1.60. The number of hydrogen-bond acceptors (Lipinski definition) is 5. The van der Waals surface area contributed by atoms with Crippen molar-refractivity contribution in [3.05, 3.63) is 41.2 Å². The summed E-state index contributed by atoms with van der Waals surface area (Å²) in [7, 11) is 1.57. The lowest BCUT2D eigenvalue weighted by Crippen LogP contribution is -2.20. The van der Waals surface area contributed by atoms with Crippen LogP contribution in [0.1, 0.15) is 16.9 Å². The summed E-state index contributed by atoms with van der Waals surface area (Å²) in [6, 6.07) is 8.89. The largest absolute Gasteiger partial charge is 0.497 e. The van der Waals surface area contributed by atoms with Crippen LogP contribution >= 0.6 is 0 Å². The maximum Gasteiger partial charge on any atom is 0.264 e. The van der Waals surface area contributed by atoms with E-state index in [1.165, 1.54) is 0 Å². The number of aryl methyl sites for hydroxylation is 1. The number of benzene rings is 1. The third kappa shape index (κ3) is 3.38. The van der Waals surface area contributed by atoms with Crippen LogP contribution in [0.5, 0.6) is 11.5 Å². The van der Waals surface area contributed by atoms with Gasteiger partial charge in [-0.1, -0.05) is 0 Å². The second kappa shape index (κ2) is 6.68. The third-order valence-electron chi connectivity index (χ3n) is 3.18. The minimum absolute atomic E-state index is 0.154. The Balaban J connectivity index is 1.96. The van der Waals surface area contributed by atoms with Crippen molar-refractivity contribution < 1.29 is 18.7 Å². The quantitative estimate of drug-likeness (QED) is 0.917. The number of furan rings is 1. The van der Waals surface area contributed by atoms with Crippen LogP contribution < -0.4 is 14.8 Å². The summed E-state index contributed by atoms with van der Waals surface area (Å²) in [6.07, 6.45) is 0. The molecule has 0 bridgehead atoms. The highest BCUT2D eigenvalue weighted by atomic mass is 16.5. The minimum atomic E-state index is -0.402. The standard InChI is InChI=1S/C16H16N2O4/c1-10-11(2)22-16(14(10)8-17)18-15(19)9-21-13-6-4-12(20-3)5-7-13/h4-7H,9H2,1-3H3,(H,18,19). The maximum atomic E-state index is 11.9. The summed E-state index contributed by atoms with van der Waals surface area (Å²) in [5.41, 5.74) is 1.05. The fraction of sp³-hybridized carbons (Fsp3) is 0.250. The van der Waals surface area contributed by atoms with Gasteiger partial charge in [-0.15, -0.1) is 0 Å². The van der Waals surface area contributed by atoms with Crippen molar-refractivity contribution in [1.29, 1.82) is 5.26 Å². The topological polar surface area (TPSA) is 84.5 Å². The van der Waals surface area contributed by atoms with Crippen molar-refractivity contribution in [2.24, 2.45) is 0 Å². The zero-order valence-electron chi connectivity index (χ0n) is 12.6. The normalized spacial score (nSPS) is 9.91. The highest BCUT2D eigenvalue weighted by Crippen LogP contribution is 2.25. The number of nitrogens with one attached hydrogen (secondary N) is 1. The summed E-state index contributed by atoms with van der Waals surface area (Å²) >= 11 is 0. The molecule has 0 atom stereocenters. The number of hydrogen-bond donors (Lipinski definition) is 1. The molecular formula is C16H16N2O4. The van der Waals surface area contributed by atoms with E-state index in [1.54, 1.807) is 45.2 Å². The lowest BCUT2D eigenvalue weighted by molar-refractivity contribution is -0.118. The van der Waals surface area contributed by atoms with E-state index < -0.39 is 5.91 Å². The highest BCUT2D eigenvalue weighted by Gasteiger charge is 2.16. The molecule has 0 saturated carbocycles. The maximum absolute atomic E-state index is 11.9. The van der Waals surface area contributed by atoms with Gasteiger partial charge in [-0.3, -0.25) is 10.1 Å². The van der Waals surface area contributed by atoms with Gasteiger partial charge in [0.1, 0.15) is 28.9 Å². The van der Waals surface area contributed by atoms with Crippen molar-refractivity contribution in [1.82, 2.24) is 0 Å². The first kappa shape index (κ1) is 15.4. The summed E-state index contributed by atoms with van der Waals surface area (Å²) < 4.78 is 15.8. The first-order valence-electron chi connectivity index (χ1n) is 6.62. The van der Waals surface area contributed by atoms with Crippen LogP contribution in [0.15, 0.2) is 28.7 Å². The number of carbonyl (C=O) groups is 1. The fourth-order valence-electron chi connectivity index (χ4n) is 1.83. The monoisotopic (exact) mass is 300 g/mol. The third-order valence-corrected chi connectivity index (χ3v) is 3.18. The van der Waals surface area contributed by atoms with Crippen molar-refractivity contribution in [2.75, 3.05) is 19.0 Å². The van der Waals surface area contributed by atoms with Gasteiger partial charge in [0, 0.05) is 5.56 Å². The smallest absolute Gasteiger partial charge is 0.264 e. The number of methoxy groups -OCH3 is 1. The van der Waals surface area contributed by atoms with E-state index in [2.05, 4.69) is 5.32 Å². The molecule has 114 valence electrons. The van der Waals surface area contributed by atoms with Gasteiger partial charge in [-0.25, -0.2) is 0 Å². The van der Waals surface area contributed by atoms with E-state index in [1.807, 2.05) is 6.07 Å². The van der Waals surface area contributed by atoms with E-state index in [0.29, 0.717) is 28.4 Å². The van der Waals surface area contributed by atoms with Crippen molar-refractivity contribution in [3.8, 4) is 17.6 Å². The van der Waals surface area contributed by atoms with Crippen LogP contribution in [0.3, 0.4) is 0 Å². The molecule has 22 heavy (non-hydrogen) atoms. The Morgan fingerprint density at radius 3 is 2.50 bits per heavy atom. The first-order valence-corrected chi connectivity index (χ1v) is 6.62. The number of nitriles is 1. The molecule has 1 N–H and O–H groups in total. The van der Waals surface area contributed by atoms with Crippen LogP contribution in [0.2, 0.25) is 0 Å². The van der Waals surface area contributed by atoms with Gasteiger partial charge in [-0.05, 0) is 38.1 Å². The predicted octanol–water partition coefficient (Wildman–Crippen LogP) is 2.79. The Bertz CT molecular complexity index is 711. The molecule has 1 aromatic heterocycles. The molecule has 0 spiro atoms. The molecule has 0 radical (unpaired) electrons. The van der Waals surface area contributed by atoms with Crippen LogP contribution in [0.25, 0.3) is 0 Å². The molecule has 1 amide bonds. The average molecular weight is 300 g/mol. The van der Waals surface area contributed by atoms with Crippen LogP contribution in [-0.2, 0) is 4.79 Å². The number of rotatable bonds is 5. The molecule has 1 aromatic carbocycles. The molecule has 2 aromatic rings. The van der Waals surface area contributed by atoms with E-state index in [-0.39, 0.29) is 12.5 Å². The Kier molecular flexibility index (Phi) is 4.69. The Morgan fingerprint density at radius 1 is 1.27 bits per heavy atom. The zero-order valence-corrected chi connectivity index (χ0v) is 12.6.